The van der Waals surface area contributed by atoms with Crippen LogP contribution in [0.4, 0.5) is 0 Å². The second-order valence-corrected chi connectivity index (χ2v) is 3.71. The Balaban J connectivity index is 2.30. The average Bonchev–Trinajstić information content (AvgIpc) is 2.66. The fourth-order valence-electron chi connectivity index (χ4n) is 1.60. The van der Waals surface area contributed by atoms with Crippen LogP contribution in [0, 0.1) is 0 Å². The highest BCUT2D eigenvalue weighted by molar-refractivity contribution is 5.83. The van der Waals surface area contributed by atoms with Gasteiger partial charge in [0.2, 0.25) is 5.91 Å². The molecule has 0 aliphatic carbocycles. The summed E-state index contributed by atoms with van der Waals surface area (Å²) in [6.45, 7) is 2.43. The maximum Gasteiger partial charge on any atom is 0.326 e. The molecule has 2 unspecified atom stereocenters. The lowest BCUT2D eigenvalue weighted by molar-refractivity contribution is -0.142. The molecule has 1 saturated heterocycles. The van der Waals surface area contributed by atoms with Gasteiger partial charge in [-0.3, -0.25) is 4.79 Å². The van der Waals surface area contributed by atoms with Gasteiger partial charge in [-0.25, -0.2) is 4.79 Å². The molecule has 0 saturated carbocycles. The molecule has 0 aromatic rings. The second-order valence-electron chi connectivity index (χ2n) is 3.71. The Morgan fingerprint density at radius 3 is 2.80 bits per heavy atom. The van der Waals surface area contributed by atoms with Crippen LogP contribution >= 0.6 is 0 Å². The number of rotatable bonds is 5. The first-order chi connectivity index (χ1) is 7.13. The van der Waals surface area contributed by atoms with Crippen molar-refractivity contribution in [3.63, 3.8) is 0 Å². The van der Waals surface area contributed by atoms with Crippen molar-refractivity contribution < 1.29 is 19.4 Å². The largest absolute Gasteiger partial charge is 0.480 e. The number of aliphatic carboxylic acids is 1. The highest BCUT2D eigenvalue weighted by Crippen LogP contribution is 2.15. The van der Waals surface area contributed by atoms with Crippen LogP contribution in [-0.4, -0.2) is 35.7 Å². The molecule has 5 heteroatoms. The van der Waals surface area contributed by atoms with Gasteiger partial charge in [-0.15, -0.1) is 0 Å². The van der Waals surface area contributed by atoms with Crippen molar-refractivity contribution >= 4 is 11.9 Å². The molecule has 1 fully saturated rings. The van der Waals surface area contributed by atoms with Gasteiger partial charge in [0, 0.05) is 6.61 Å². The highest BCUT2D eigenvalue weighted by atomic mass is 16.5. The normalized spacial score (nSPS) is 22.3. The Morgan fingerprint density at radius 2 is 2.33 bits per heavy atom. The number of amides is 1. The summed E-state index contributed by atoms with van der Waals surface area (Å²) in [6, 6.07) is -0.779. The van der Waals surface area contributed by atoms with Gasteiger partial charge in [0.1, 0.15) is 6.04 Å². The number of hydrogen-bond donors (Lipinski definition) is 2. The zero-order valence-corrected chi connectivity index (χ0v) is 8.86. The Hall–Kier alpha value is -1.10. The lowest BCUT2D eigenvalue weighted by Crippen LogP contribution is -2.41. The Labute approximate surface area is 88.8 Å². The third-order valence-corrected chi connectivity index (χ3v) is 2.48. The van der Waals surface area contributed by atoms with E-state index < -0.39 is 12.0 Å². The molecule has 2 N–H and O–H groups in total. The van der Waals surface area contributed by atoms with Crippen LogP contribution in [0.1, 0.15) is 32.6 Å². The van der Waals surface area contributed by atoms with Crippen molar-refractivity contribution in [1.82, 2.24) is 5.32 Å². The number of carboxylic acid groups (broad SMARTS) is 1. The smallest absolute Gasteiger partial charge is 0.326 e. The number of ether oxygens (including phenoxy) is 1. The van der Waals surface area contributed by atoms with Crippen LogP contribution < -0.4 is 5.32 Å². The van der Waals surface area contributed by atoms with E-state index in [-0.39, 0.29) is 18.4 Å². The minimum Gasteiger partial charge on any atom is -0.480 e. The SMILES string of the molecule is CCC(NC(=O)CC1CCCO1)C(=O)O. The standard InChI is InChI=1S/C10H17NO4/c1-2-8(10(13)14)11-9(12)6-7-4-3-5-15-7/h7-8H,2-6H2,1H3,(H,11,12)(H,13,14). The van der Waals surface area contributed by atoms with Crippen molar-refractivity contribution in [2.24, 2.45) is 0 Å². The summed E-state index contributed by atoms with van der Waals surface area (Å²) in [5.74, 6) is -1.23. The van der Waals surface area contributed by atoms with Gasteiger partial charge in [0.25, 0.3) is 0 Å². The Morgan fingerprint density at radius 1 is 1.60 bits per heavy atom. The highest BCUT2D eigenvalue weighted by Gasteiger charge is 2.22. The first-order valence-corrected chi connectivity index (χ1v) is 5.27. The molecule has 15 heavy (non-hydrogen) atoms. The summed E-state index contributed by atoms with van der Waals surface area (Å²) in [6.07, 6.45) is 2.50. The van der Waals surface area contributed by atoms with Gasteiger partial charge in [0.05, 0.1) is 12.5 Å². The number of hydrogen-bond acceptors (Lipinski definition) is 3. The molecular weight excluding hydrogens is 198 g/mol. The van der Waals surface area contributed by atoms with Crippen molar-refractivity contribution in [2.45, 2.75) is 44.8 Å². The van der Waals surface area contributed by atoms with Crippen LogP contribution in [0.2, 0.25) is 0 Å². The quantitative estimate of drug-likeness (QED) is 0.701. The minimum absolute atomic E-state index is 0.0312. The van der Waals surface area contributed by atoms with Crippen molar-refractivity contribution in [3.05, 3.63) is 0 Å². The van der Waals surface area contributed by atoms with Crippen LogP contribution in [0.25, 0.3) is 0 Å². The number of carboxylic acids is 1. The maximum absolute atomic E-state index is 11.4. The Bertz CT molecular complexity index is 236. The molecule has 0 radical (unpaired) electrons. The number of carbonyl (C=O) groups excluding carboxylic acids is 1. The molecule has 0 bridgehead atoms. The Kier molecular flexibility index (Phi) is 4.55. The van der Waals surface area contributed by atoms with Crippen molar-refractivity contribution in [3.8, 4) is 0 Å². The molecule has 1 aliphatic rings. The molecule has 86 valence electrons. The third kappa shape index (κ3) is 3.87. The number of nitrogens with one attached hydrogen (secondary N) is 1. The summed E-state index contributed by atoms with van der Waals surface area (Å²) in [5.41, 5.74) is 0. The van der Waals surface area contributed by atoms with Crippen molar-refractivity contribution in [2.75, 3.05) is 6.61 Å². The van der Waals surface area contributed by atoms with Gasteiger partial charge < -0.3 is 15.2 Å². The summed E-state index contributed by atoms with van der Waals surface area (Å²) in [7, 11) is 0. The first-order valence-electron chi connectivity index (χ1n) is 5.27. The molecule has 0 spiro atoms. The number of carbonyl (C=O) groups is 2. The fraction of sp³-hybridized carbons (Fsp3) is 0.800. The molecule has 2 atom stereocenters. The first kappa shape index (κ1) is 12.0. The predicted octanol–water partition coefficient (Wildman–Crippen LogP) is 0.535. The van der Waals surface area contributed by atoms with Gasteiger partial charge in [0.15, 0.2) is 0 Å². The predicted molar refractivity (Wildman–Crippen MR) is 53.4 cm³/mol. The van der Waals surface area contributed by atoms with Gasteiger partial charge in [-0.05, 0) is 19.3 Å². The van der Waals surface area contributed by atoms with Crippen molar-refractivity contribution in [1.29, 1.82) is 0 Å². The van der Waals surface area contributed by atoms with E-state index in [2.05, 4.69) is 5.32 Å². The van der Waals surface area contributed by atoms with Crippen LogP contribution in [0.5, 0.6) is 0 Å². The summed E-state index contributed by atoms with van der Waals surface area (Å²) >= 11 is 0. The molecule has 5 nitrogen and oxygen atoms in total. The van der Waals surface area contributed by atoms with Gasteiger partial charge >= 0.3 is 5.97 Å². The topological polar surface area (TPSA) is 75.6 Å². The van der Waals surface area contributed by atoms with E-state index in [1.807, 2.05) is 0 Å². The zero-order chi connectivity index (χ0) is 11.3. The molecular formula is C10H17NO4. The second kappa shape index (κ2) is 5.70. The van der Waals surface area contributed by atoms with E-state index in [9.17, 15) is 9.59 Å². The van der Waals surface area contributed by atoms with Gasteiger partial charge in [-0.1, -0.05) is 6.92 Å². The fourth-order valence-corrected chi connectivity index (χ4v) is 1.60. The zero-order valence-electron chi connectivity index (χ0n) is 8.86. The summed E-state index contributed by atoms with van der Waals surface area (Å²) in [5, 5.41) is 11.2. The molecule has 1 aliphatic heterocycles. The minimum atomic E-state index is -0.988. The monoisotopic (exact) mass is 215 g/mol. The molecule has 0 aromatic heterocycles. The summed E-state index contributed by atoms with van der Waals surface area (Å²) < 4.78 is 5.29. The van der Waals surface area contributed by atoms with E-state index in [4.69, 9.17) is 9.84 Å². The third-order valence-electron chi connectivity index (χ3n) is 2.48. The summed E-state index contributed by atoms with van der Waals surface area (Å²) in [4.78, 5) is 22.1. The van der Waals surface area contributed by atoms with Gasteiger partial charge in [-0.2, -0.15) is 0 Å². The average molecular weight is 215 g/mol. The maximum atomic E-state index is 11.4. The van der Waals surface area contributed by atoms with E-state index in [0.29, 0.717) is 13.0 Å². The lowest BCUT2D eigenvalue weighted by Gasteiger charge is -2.14. The molecule has 0 aromatic carbocycles. The molecule has 1 heterocycles. The van der Waals surface area contributed by atoms with E-state index in [1.54, 1.807) is 6.92 Å². The van der Waals surface area contributed by atoms with E-state index >= 15 is 0 Å². The molecule has 1 amide bonds. The van der Waals surface area contributed by atoms with Crippen LogP contribution in [0.3, 0.4) is 0 Å². The van der Waals surface area contributed by atoms with Crippen LogP contribution in [0.15, 0.2) is 0 Å². The molecule has 1 rings (SSSR count). The van der Waals surface area contributed by atoms with E-state index in [0.717, 1.165) is 12.8 Å². The van der Waals surface area contributed by atoms with E-state index in [1.165, 1.54) is 0 Å². The van der Waals surface area contributed by atoms with Crippen LogP contribution in [-0.2, 0) is 14.3 Å². The lowest BCUT2D eigenvalue weighted by atomic mass is 10.1.